The van der Waals surface area contributed by atoms with Gasteiger partial charge in [-0.1, -0.05) is 12.1 Å². The lowest BCUT2D eigenvalue weighted by Gasteiger charge is -2.17. The average Bonchev–Trinajstić information content (AvgIpc) is 2.42. The van der Waals surface area contributed by atoms with Crippen LogP contribution in [0.3, 0.4) is 0 Å². The molecule has 0 aliphatic heterocycles. The highest BCUT2D eigenvalue weighted by molar-refractivity contribution is 5.56. The van der Waals surface area contributed by atoms with Gasteiger partial charge in [0.05, 0.1) is 0 Å². The summed E-state index contributed by atoms with van der Waals surface area (Å²) in [5.74, 6) is 1.34. The van der Waals surface area contributed by atoms with Gasteiger partial charge in [0.15, 0.2) is 0 Å². The van der Waals surface area contributed by atoms with Gasteiger partial charge in [-0.3, -0.25) is 0 Å². The van der Waals surface area contributed by atoms with Gasteiger partial charge in [-0.2, -0.15) is 0 Å². The molecule has 0 radical (unpaired) electrons. The van der Waals surface area contributed by atoms with Gasteiger partial charge in [0.1, 0.15) is 23.8 Å². The monoisotopic (exact) mass is 260 g/mol. The molecule has 4 nitrogen and oxygen atoms in total. The molecule has 2 aromatic rings. The SMILES string of the molecule is CNc1ncnc(NC(C)c2ccc(F)cc2)c1C. The van der Waals surface area contributed by atoms with Crippen molar-refractivity contribution in [3.63, 3.8) is 0 Å². The van der Waals surface area contributed by atoms with Crippen molar-refractivity contribution in [2.75, 3.05) is 17.7 Å². The van der Waals surface area contributed by atoms with Crippen LogP contribution in [-0.2, 0) is 0 Å². The molecule has 1 atom stereocenters. The Morgan fingerprint density at radius 2 is 1.74 bits per heavy atom. The first-order valence-corrected chi connectivity index (χ1v) is 6.13. The highest BCUT2D eigenvalue weighted by atomic mass is 19.1. The van der Waals surface area contributed by atoms with Crippen molar-refractivity contribution in [1.29, 1.82) is 0 Å². The molecule has 0 aliphatic carbocycles. The molecule has 1 heterocycles. The van der Waals surface area contributed by atoms with Gasteiger partial charge in [-0.15, -0.1) is 0 Å². The Morgan fingerprint density at radius 1 is 1.11 bits per heavy atom. The van der Waals surface area contributed by atoms with Crippen LogP contribution in [0.1, 0.15) is 24.1 Å². The van der Waals surface area contributed by atoms with E-state index in [2.05, 4.69) is 20.6 Å². The summed E-state index contributed by atoms with van der Waals surface area (Å²) in [7, 11) is 1.82. The second-order valence-corrected chi connectivity index (χ2v) is 4.36. The van der Waals surface area contributed by atoms with E-state index in [1.165, 1.54) is 18.5 Å². The van der Waals surface area contributed by atoms with E-state index in [1.54, 1.807) is 12.1 Å². The fraction of sp³-hybridized carbons (Fsp3) is 0.286. The number of hydrogen-bond donors (Lipinski definition) is 2. The minimum absolute atomic E-state index is 0.0407. The van der Waals surface area contributed by atoms with E-state index in [0.29, 0.717) is 0 Å². The zero-order chi connectivity index (χ0) is 13.8. The molecule has 0 amide bonds. The number of anilines is 2. The van der Waals surface area contributed by atoms with Crippen LogP contribution in [0, 0.1) is 12.7 Å². The quantitative estimate of drug-likeness (QED) is 0.886. The molecule has 2 rings (SSSR count). The van der Waals surface area contributed by atoms with Gasteiger partial charge in [0.2, 0.25) is 0 Å². The molecule has 100 valence electrons. The van der Waals surface area contributed by atoms with Crippen molar-refractivity contribution in [1.82, 2.24) is 9.97 Å². The number of nitrogens with zero attached hydrogens (tertiary/aromatic N) is 2. The van der Waals surface area contributed by atoms with Gasteiger partial charge in [-0.05, 0) is 31.5 Å². The number of hydrogen-bond acceptors (Lipinski definition) is 4. The number of rotatable bonds is 4. The molecule has 0 saturated carbocycles. The summed E-state index contributed by atoms with van der Waals surface area (Å²) in [4.78, 5) is 8.37. The summed E-state index contributed by atoms with van der Waals surface area (Å²) >= 11 is 0. The summed E-state index contributed by atoms with van der Waals surface area (Å²) in [5, 5.41) is 6.32. The molecular formula is C14H17FN4. The Morgan fingerprint density at radius 3 is 2.37 bits per heavy atom. The molecule has 5 heteroatoms. The minimum atomic E-state index is -0.230. The van der Waals surface area contributed by atoms with Crippen molar-refractivity contribution in [2.45, 2.75) is 19.9 Å². The second kappa shape index (κ2) is 5.65. The first-order valence-electron chi connectivity index (χ1n) is 6.13. The second-order valence-electron chi connectivity index (χ2n) is 4.36. The van der Waals surface area contributed by atoms with E-state index in [1.807, 2.05) is 20.9 Å². The van der Waals surface area contributed by atoms with Crippen LogP contribution in [-0.4, -0.2) is 17.0 Å². The molecule has 0 spiro atoms. The zero-order valence-electron chi connectivity index (χ0n) is 11.2. The Kier molecular flexibility index (Phi) is 3.94. The topological polar surface area (TPSA) is 49.8 Å². The highest BCUT2D eigenvalue weighted by Crippen LogP contribution is 2.23. The Hall–Kier alpha value is -2.17. The van der Waals surface area contributed by atoms with Crippen LogP contribution in [0.4, 0.5) is 16.0 Å². The predicted octanol–water partition coefficient (Wildman–Crippen LogP) is 3.14. The summed E-state index contributed by atoms with van der Waals surface area (Å²) in [6.45, 7) is 3.96. The van der Waals surface area contributed by atoms with Crippen LogP contribution >= 0.6 is 0 Å². The molecule has 1 aromatic heterocycles. The molecule has 19 heavy (non-hydrogen) atoms. The van der Waals surface area contributed by atoms with Crippen LogP contribution in [0.2, 0.25) is 0 Å². The molecular weight excluding hydrogens is 243 g/mol. The lowest BCUT2D eigenvalue weighted by molar-refractivity contribution is 0.626. The van der Waals surface area contributed by atoms with Crippen molar-refractivity contribution >= 4 is 11.6 Å². The van der Waals surface area contributed by atoms with E-state index in [4.69, 9.17) is 0 Å². The number of benzene rings is 1. The molecule has 1 unspecified atom stereocenters. The summed E-state index contributed by atoms with van der Waals surface area (Å²) in [6.07, 6.45) is 1.51. The fourth-order valence-corrected chi connectivity index (χ4v) is 1.89. The predicted molar refractivity (Wildman–Crippen MR) is 74.8 cm³/mol. The molecule has 0 bridgehead atoms. The van der Waals surface area contributed by atoms with E-state index in [0.717, 1.165) is 22.8 Å². The zero-order valence-corrected chi connectivity index (χ0v) is 11.2. The van der Waals surface area contributed by atoms with Crippen molar-refractivity contribution in [3.8, 4) is 0 Å². The van der Waals surface area contributed by atoms with Gasteiger partial charge < -0.3 is 10.6 Å². The summed E-state index contributed by atoms with van der Waals surface area (Å²) < 4.78 is 12.9. The Bertz CT molecular complexity index is 554. The van der Waals surface area contributed by atoms with Crippen LogP contribution in [0.25, 0.3) is 0 Å². The Labute approximate surface area is 112 Å². The van der Waals surface area contributed by atoms with Crippen molar-refractivity contribution in [3.05, 3.63) is 47.5 Å². The maximum atomic E-state index is 12.9. The maximum absolute atomic E-state index is 12.9. The van der Waals surface area contributed by atoms with E-state index in [-0.39, 0.29) is 11.9 Å². The molecule has 0 fully saturated rings. The van der Waals surface area contributed by atoms with Crippen molar-refractivity contribution in [2.24, 2.45) is 0 Å². The molecule has 0 aliphatic rings. The number of halogens is 1. The fourth-order valence-electron chi connectivity index (χ4n) is 1.89. The third-order valence-electron chi connectivity index (χ3n) is 3.04. The Balaban J connectivity index is 2.19. The largest absolute Gasteiger partial charge is 0.373 e. The normalized spacial score (nSPS) is 12.0. The van der Waals surface area contributed by atoms with Crippen LogP contribution in [0.15, 0.2) is 30.6 Å². The smallest absolute Gasteiger partial charge is 0.134 e. The number of aromatic nitrogens is 2. The first-order chi connectivity index (χ1) is 9.11. The lowest BCUT2D eigenvalue weighted by atomic mass is 10.1. The van der Waals surface area contributed by atoms with Crippen LogP contribution in [0.5, 0.6) is 0 Å². The number of nitrogens with one attached hydrogen (secondary N) is 2. The van der Waals surface area contributed by atoms with Crippen LogP contribution < -0.4 is 10.6 Å². The van der Waals surface area contributed by atoms with Gasteiger partial charge >= 0.3 is 0 Å². The van der Waals surface area contributed by atoms with Gasteiger partial charge in [0, 0.05) is 18.7 Å². The van der Waals surface area contributed by atoms with Crippen molar-refractivity contribution < 1.29 is 4.39 Å². The molecule has 0 saturated heterocycles. The lowest BCUT2D eigenvalue weighted by Crippen LogP contribution is -2.10. The molecule has 1 aromatic carbocycles. The third kappa shape index (κ3) is 2.99. The average molecular weight is 260 g/mol. The standard InChI is InChI=1S/C14H17FN4/c1-9-13(16-3)17-8-18-14(9)19-10(2)11-4-6-12(15)7-5-11/h4-8,10H,1-3H3,(H2,16,17,18,19). The third-order valence-corrected chi connectivity index (χ3v) is 3.04. The summed E-state index contributed by atoms with van der Waals surface area (Å²) in [6, 6.07) is 6.49. The minimum Gasteiger partial charge on any atom is -0.373 e. The molecule has 2 N–H and O–H groups in total. The maximum Gasteiger partial charge on any atom is 0.134 e. The van der Waals surface area contributed by atoms with E-state index < -0.39 is 0 Å². The summed E-state index contributed by atoms with van der Waals surface area (Å²) in [5.41, 5.74) is 1.96. The first kappa shape index (κ1) is 13.3. The highest BCUT2D eigenvalue weighted by Gasteiger charge is 2.10. The van der Waals surface area contributed by atoms with Gasteiger partial charge in [0.25, 0.3) is 0 Å². The van der Waals surface area contributed by atoms with E-state index >= 15 is 0 Å². The van der Waals surface area contributed by atoms with E-state index in [9.17, 15) is 4.39 Å². The van der Waals surface area contributed by atoms with Gasteiger partial charge in [-0.25, -0.2) is 14.4 Å².